The summed E-state index contributed by atoms with van der Waals surface area (Å²) in [7, 11) is 1.58. The van der Waals surface area contributed by atoms with Crippen LogP contribution in [-0.4, -0.2) is 50.5 Å². The maximum Gasteiger partial charge on any atom is 0.163 e. The molecule has 1 aliphatic heterocycles. The number of nitrogens with one attached hydrogen (secondary N) is 1. The van der Waals surface area contributed by atoms with Crippen LogP contribution in [0.2, 0.25) is 0 Å². The summed E-state index contributed by atoms with van der Waals surface area (Å²) in [5, 5.41) is 12.2. The molecule has 1 heterocycles. The third-order valence-corrected chi connectivity index (χ3v) is 3.15. The molecule has 21 heavy (non-hydrogen) atoms. The van der Waals surface area contributed by atoms with Crippen LogP contribution in [-0.2, 0) is 9.47 Å². The second-order valence-electron chi connectivity index (χ2n) is 5.30. The molecule has 6 heteroatoms. The average Bonchev–Trinajstić information content (AvgIpc) is 2.47. The van der Waals surface area contributed by atoms with Gasteiger partial charge in [-0.1, -0.05) is 0 Å². The van der Waals surface area contributed by atoms with Crippen molar-refractivity contribution in [1.29, 1.82) is 0 Å². The third kappa shape index (κ3) is 4.49. The Labute approximate surface area is 125 Å². The van der Waals surface area contributed by atoms with Crippen molar-refractivity contribution in [1.82, 2.24) is 0 Å². The Morgan fingerprint density at radius 1 is 1.29 bits per heavy atom. The number of hydrogen-bond acceptors (Lipinski definition) is 6. The largest absolute Gasteiger partial charge is 0.493 e. The van der Waals surface area contributed by atoms with Crippen LogP contribution in [0.4, 0.5) is 5.69 Å². The molecule has 6 nitrogen and oxygen atoms in total. The molecule has 0 aromatic heterocycles. The topological polar surface area (TPSA) is 69.2 Å². The molecular weight excluding hydrogens is 274 g/mol. The van der Waals surface area contributed by atoms with Crippen LogP contribution in [0.3, 0.4) is 0 Å². The van der Waals surface area contributed by atoms with E-state index in [4.69, 9.17) is 24.1 Å². The van der Waals surface area contributed by atoms with Crippen LogP contribution >= 0.6 is 0 Å². The molecule has 1 aromatic rings. The highest BCUT2D eigenvalue weighted by Gasteiger charge is 2.28. The van der Waals surface area contributed by atoms with Crippen molar-refractivity contribution < 1.29 is 24.1 Å². The lowest BCUT2D eigenvalue weighted by atomic mass is 10.2. The molecule has 1 saturated heterocycles. The molecule has 0 radical (unpaired) electrons. The zero-order valence-corrected chi connectivity index (χ0v) is 12.7. The maximum absolute atomic E-state index is 8.86. The van der Waals surface area contributed by atoms with Gasteiger partial charge in [0.1, 0.15) is 6.61 Å². The van der Waals surface area contributed by atoms with Crippen molar-refractivity contribution in [3.63, 3.8) is 0 Å². The van der Waals surface area contributed by atoms with Crippen molar-refractivity contribution in [2.75, 3.05) is 38.9 Å². The highest BCUT2D eigenvalue weighted by Crippen LogP contribution is 2.31. The minimum Gasteiger partial charge on any atom is -0.493 e. The first-order valence-corrected chi connectivity index (χ1v) is 7.00. The first kappa shape index (κ1) is 15.9. The molecule has 1 fully saturated rings. The summed E-state index contributed by atoms with van der Waals surface area (Å²) in [4.78, 5) is 0. The molecule has 0 aliphatic carbocycles. The van der Waals surface area contributed by atoms with Gasteiger partial charge in [-0.05, 0) is 26.0 Å². The van der Waals surface area contributed by atoms with Crippen LogP contribution in [0.15, 0.2) is 18.2 Å². The van der Waals surface area contributed by atoms with Gasteiger partial charge in [0.25, 0.3) is 0 Å². The van der Waals surface area contributed by atoms with E-state index in [1.54, 1.807) is 7.11 Å². The van der Waals surface area contributed by atoms with Gasteiger partial charge in [0.2, 0.25) is 0 Å². The molecule has 0 unspecified atom stereocenters. The monoisotopic (exact) mass is 297 g/mol. The normalized spacial score (nSPS) is 18.3. The Morgan fingerprint density at radius 3 is 2.62 bits per heavy atom. The average molecular weight is 297 g/mol. The summed E-state index contributed by atoms with van der Waals surface area (Å²) in [5.41, 5.74) is 0.889. The van der Waals surface area contributed by atoms with Crippen LogP contribution < -0.4 is 14.8 Å². The number of anilines is 1. The van der Waals surface area contributed by atoms with Crippen LogP contribution in [0.25, 0.3) is 0 Å². The lowest BCUT2D eigenvalue weighted by molar-refractivity contribution is -0.247. The van der Waals surface area contributed by atoms with E-state index in [0.29, 0.717) is 24.7 Å². The minimum absolute atomic E-state index is 0.0415. The van der Waals surface area contributed by atoms with Crippen molar-refractivity contribution in [3.05, 3.63) is 18.2 Å². The van der Waals surface area contributed by atoms with Gasteiger partial charge in [-0.15, -0.1) is 0 Å². The zero-order valence-electron chi connectivity index (χ0n) is 12.7. The molecule has 0 atom stereocenters. The molecule has 0 amide bonds. The van der Waals surface area contributed by atoms with Crippen molar-refractivity contribution in [3.8, 4) is 11.5 Å². The number of aliphatic hydroxyl groups is 1. The molecule has 0 saturated carbocycles. The van der Waals surface area contributed by atoms with Gasteiger partial charge in [0.05, 0.1) is 33.0 Å². The summed E-state index contributed by atoms with van der Waals surface area (Å²) in [6.07, 6.45) is 0. The van der Waals surface area contributed by atoms with Crippen molar-refractivity contribution in [2.45, 2.75) is 25.7 Å². The lowest BCUT2D eigenvalue weighted by Gasteiger charge is -2.35. The molecule has 1 aromatic carbocycles. The standard InChI is InChI=1S/C15H23NO5/c1-15(2)20-9-12(10-21-15)16-11-4-5-13(18-3)14(8-11)19-7-6-17/h4-5,8,12,16-17H,6-7,9-10H2,1-3H3. The van der Waals surface area contributed by atoms with Crippen LogP contribution in [0.5, 0.6) is 11.5 Å². The van der Waals surface area contributed by atoms with Crippen LogP contribution in [0, 0.1) is 0 Å². The summed E-state index contributed by atoms with van der Waals surface area (Å²) >= 11 is 0. The fourth-order valence-corrected chi connectivity index (χ4v) is 2.05. The van der Waals surface area contributed by atoms with Crippen LogP contribution in [0.1, 0.15) is 13.8 Å². The fraction of sp³-hybridized carbons (Fsp3) is 0.600. The Hall–Kier alpha value is -1.50. The fourth-order valence-electron chi connectivity index (χ4n) is 2.05. The maximum atomic E-state index is 8.86. The molecule has 2 rings (SSSR count). The number of benzene rings is 1. The first-order chi connectivity index (χ1) is 10.0. The van der Waals surface area contributed by atoms with Gasteiger partial charge < -0.3 is 29.4 Å². The molecule has 0 spiro atoms. The highest BCUT2D eigenvalue weighted by atomic mass is 16.7. The van der Waals surface area contributed by atoms with Gasteiger partial charge >= 0.3 is 0 Å². The SMILES string of the molecule is COc1ccc(NC2COC(C)(C)OC2)cc1OCCO. The zero-order chi connectivity index (χ0) is 15.3. The summed E-state index contributed by atoms with van der Waals surface area (Å²) in [5.74, 6) is 0.703. The molecule has 2 N–H and O–H groups in total. The second-order valence-corrected chi connectivity index (χ2v) is 5.30. The van der Waals surface area contributed by atoms with E-state index in [2.05, 4.69) is 5.32 Å². The van der Waals surface area contributed by atoms with E-state index in [1.165, 1.54) is 0 Å². The van der Waals surface area contributed by atoms with E-state index in [9.17, 15) is 0 Å². The van der Waals surface area contributed by atoms with E-state index >= 15 is 0 Å². The number of hydrogen-bond donors (Lipinski definition) is 2. The Balaban J connectivity index is 2.00. The van der Waals surface area contributed by atoms with Gasteiger partial charge in [0, 0.05) is 11.8 Å². The minimum atomic E-state index is -0.520. The number of rotatable bonds is 6. The van der Waals surface area contributed by atoms with E-state index in [1.807, 2.05) is 32.0 Å². The Bertz CT molecular complexity index is 453. The summed E-state index contributed by atoms with van der Waals surface area (Å²) in [6.45, 7) is 5.14. The van der Waals surface area contributed by atoms with Crippen molar-refractivity contribution >= 4 is 5.69 Å². The summed E-state index contributed by atoms with van der Waals surface area (Å²) in [6, 6.07) is 5.65. The Morgan fingerprint density at radius 2 is 2.00 bits per heavy atom. The first-order valence-electron chi connectivity index (χ1n) is 7.00. The third-order valence-electron chi connectivity index (χ3n) is 3.15. The summed E-state index contributed by atoms with van der Waals surface area (Å²) < 4.78 is 21.9. The predicted molar refractivity (Wildman–Crippen MR) is 79.0 cm³/mol. The predicted octanol–water partition coefficient (Wildman–Crippen LogP) is 1.63. The highest BCUT2D eigenvalue weighted by molar-refractivity contribution is 5.55. The van der Waals surface area contributed by atoms with E-state index in [0.717, 1.165) is 5.69 Å². The van der Waals surface area contributed by atoms with E-state index in [-0.39, 0.29) is 19.3 Å². The molecule has 1 aliphatic rings. The number of ether oxygens (including phenoxy) is 4. The number of methoxy groups -OCH3 is 1. The molecular formula is C15H23NO5. The number of aliphatic hydroxyl groups excluding tert-OH is 1. The smallest absolute Gasteiger partial charge is 0.163 e. The quantitative estimate of drug-likeness (QED) is 0.832. The van der Waals surface area contributed by atoms with Gasteiger partial charge in [-0.2, -0.15) is 0 Å². The Kier molecular flexibility index (Phi) is 5.27. The second kappa shape index (κ2) is 6.98. The van der Waals surface area contributed by atoms with E-state index < -0.39 is 5.79 Å². The lowest BCUT2D eigenvalue weighted by Crippen LogP contribution is -2.45. The van der Waals surface area contributed by atoms with Gasteiger partial charge in [-0.25, -0.2) is 0 Å². The van der Waals surface area contributed by atoms with Gasteiger partial charge in [0.15, 0.2) is 17.3 Å². The molecule has 118 valence electrons. The van der Waals surface area contributed by atoms with Crippen molar-refractivity contribution in [2.24, 2.45) is 0 Å². The van der Waals surface area contributed by atoms with Gasteiger partial charge in [-0.3, -0.25) is 0 Å². The molecule has 0 bridgehead atoms.